The SMILES string of the molecule is O=C(CCC1NC(C2CCC3OCCC3C2)NO1)NCCNC1NNC(=O)C2CCCCC12. The summed E-state index contributed by atoms with van der Waals surface area (Å²) in [5.74, 6) is 1.82. The molecule has 2 saturated carbocycles. The molecule has 0 radical (unpaired) electrons. The molecule has 0 spiro atoms. The lowest BCUT2D eigenvalue weighted by Gasteiger charge is -2.41. The fourth-order valence-electron chi connectivity index (χ4n) is 6.48. The van der Waals surface area contributed by atoms with E-state index in [-0.39, 0.29) is 36.3 Å². The highest BCUT2D eigenvalue weighted by molar-refractivity contribution is 5.79. The minimum Gasteiger partial charge on any atom is -0.378 e. The van der Waals surface area contributed by atoms with Crippen LogP contribution >= 0.6 is 0 Å². The maximum Gasteiger partial charge on any atom is 0.237 e. The first-order valence-electron chi connectivity index (χ1n) is 13.0. The van der Waals surface area contributed by atoms with Gasteiger partial charge in [-0.1, -0.05) is 12.8 Å². The van der Waals surface area contributed by atoms with E-state index in [4.69, 9.17) is 9.57 Å². The average Bonchev–Trinajstić information content (AvgIpc) is 3.51. The van der Waals surface area contributed by atoms with E-state index in [1.807, 2.05) is 0 Å². The van der Waals surface area contributed by atoms with Gasteiger partial charge in [-0.05, 0) is 56.8 Å². The van der Waals surface area contributed by atoms with Gasteiger partial charge in [-0.3, -0.25) is 30.5 Å². The van der Waals surface area contributed by atoms with Crippen molar-refractivity contribution in [1.82, 2.24) is 32.3 Å². The van der Waals surface area contributed by atoms with Gasteiger partial charge in [-0.2, -0.15) is 5.48 Å². The van der Waals surface area contributed by atoms with E-state index < -0.39 is 0 Å². The van der Waals surface area contributed by atoms with Gasteiger partial charge >= 0.3 is 0 Å². The molecule has 0 aromatic rings. The van der Waals surface area contributed by atoms with Crippen molar-refractivity contribution >= 4 is 11.8 Å². The minimum absolute atomic E-state index is 0.0368. The van der Waals surface area contributed by atoms with Crippen LogP contribution in [0.1, 0.15) is 64.2 Å². The maximum absolute atomic E-state index is 12.3. The smallest absolute Gasteiger partial charge is 0.237 e. The number of ether oxygens (including phenoxy) is 1. The van der Waals surface area contributed by atoms with Crippen LogP contribution in [0.4, 0.5) is 0 Å². The first kappa shape index (κ1) is 23.4. The second-order valence-corrected chi connectivity index (χ2v) is 10.4. The molecule has 2 amide bonds. The molecular formula is C23H40N6O4. The number of hydroxylamine groups is 1. The van der Waals surface area contributed by atoms with E-state index in [0.29, 0.717) is 49.8 Å². The number of amides is 2. The number of hydrogen-bond acceptors (Lipinski definition) is 8. The molecule has 5 aliphatic rings. The Labute approximate surface area is 196 Å². The molecule has 3 saturated heterocycles. The number of hydrogen-bond donors (Lipinski definition) is 6. The number of nitrogens with one attached hydrogen (secondary N) is 6. The minimum atomic E-state index is -0.130. The maximum atomic E-state index is 12.3. The van der Waals surface area contributed by atoms with Crippen molar-refractivity contribution in [1.29, 1.82) is 0 Å². The van der Waals surface area contributed by atoms with E-state index in [0.717, 1.165) is 38.7 Å². The quantitative estimate of drug-likeness (QED) is 0.282. The van der Waals surface area contributed by atoms with Gasteiger partial charge in [0.2, 0.25) is 11.8 Å². The van der Waals surface area contributed by atoms with Crippen molar-refractivity contribution in [3.8, 4) is 0 Å². The highest BCUT2D eigenvalue weighted by Crippen LogP contribution is 2.39. The molecule has 186 valence electrons. The summed E-state index contributed by atoms with van der Waals surface area (Å²) in [7, 11) is 0. The Morgan fingerprint density at radius 1 is 1.06 bits per heavy atom. The van der Waals surface area contributed by atoms with Crippen molar-refractivity contribution < 1.29 is 19.2 Å². The summed E-state index contributed by atoms with van der Waals surface area (Å²) in [6.45, 7) is 2.14. The van der Waals surface area contributed by atoms with Gasteiger partial charge < -0.3 is 10.1 Å². The van der Waals surface area contributed by atoms with Crippen LogP contribution in [-0.2, 0) is 19.2 Å². The molecule has 8 unspecified atom stereocenters. The monoisotopic (exact) mass is 464 g/mol. The van der Waals surface area contributed by atoms with E-state index in [1.54, 1.807) is 0 Å². The zero-order chi connectivity index (χ0) is 22.6. The van der Waals surface area contributed by atoms with Crippen molar-refractivity contribution in [2.24, 2.45) is 23.7 Å². The van der Waals surface area contributed by atoms with Crippen LogP contribution < -0.4 is 32.3 Å². The van der Waals surface area contributed by atoms with Gasteiger partial charge in [0.05, 0.1) is 18.4 Å². The molecular weight excluding hydrogens is 424 g/mol. The Balaban J connectivity index is 0.951. The fourth-order valence-corrected chi connectivity index (χ4v) is 6.48. The molecule has 0 aromatic carbocycles. The third-order valence-electron chi connectivity index (χ3n) is 8.33. The third kappa shape index (κ3) is 5.68. The standard InChI is InChI=1S/C23H40N6O4/c30-19(24-10-11-25-22-16-3-1-2-4-17(16)23(31)28-27-22)7-8-20-26-21(29-33-20)15-5-6-18-14(13-15)9-12-32-18/h14-18,20-22,25-27,29H,1-13H2,(H,24,30)(H,28,31). The summed E-state index contributed by atoms with van der Waals surface area (Å²) < 4.78 is 5.82. The summed E-state index contributed by atoms with van der Waals surface area (Å²) in [5, 5.41) is 9.97. The number of rotatable bonds is 8. The van der Waals surface area contributed by atoms with Crippen LogP contribution in [-0.4, -0.2) is 56.2 Å². The van der Waals surface area contributed by atoms with Crippen LogP contribution in [0, 0.1) is 23.7 Å². The van der Waals surface area contributed by atoms with E-state index in [1.165, 1.54) is 19.3 Å². The molecule has 2 aliphatic carbocycles. The zero-order valence-corrected chi connectivity index (χ0v) is 19.4. The summed E-state index contributed by atoms with van der Waals surface area (Å²) >= 11 is 0. The molecule has 3 aliphatic heterocycles. The first-order chi connectivity index (χ1) is 16.2. The number of carbonyl (C=O) groups is 2. The van der Waals surface area contributed by atoms with Crippen molar-refractivity contribution in [3.05, 3.63) is 0 Å². The Bertz CT molecular complexity index is 696. The molecule has 5 rings (SSSR count). The third-order valence-corrected chi connectivity index (χ3v) is 8.33. The number of carbonyl (C=O) groups excluding carboxylic acids is 2. The average molecular weight is 465 g/mol. The second kappa shape index (κ2) is 11.0. The molecule has 3 heterocycles. The van der Waals surface area contributed by atoms with E-state index in [9.17, 15) is 9.59 Å². The summed E-state index contributed by atoms with van der Waals surface area (Å²) in [5.41, 5.74) is 9.06. The fraction of sp³-hybridized carbons (Fsp3) is 0.913. The molecule has 8 atom stereocenters. The highest BCUT2D eigenvalue weighted by atomic mass is 16.7. The number of hydrazine groups is 1. The Morgan fingerprint density at radius 3 is 2.91 bits per heavy atom. The first-order valence-corrected chi connectivity index (χ1v) is 13.0. The van der Waals surface area contributed by atoms with Crippen molar-refractivity contribution in [2.75, 3.05) is 19.7 Å². The van der Waals surface area contributed by atoms with Gasteiger partial charge in [0.25, 0.3) is 0 Å². The lowest BCUT2D eigenvalue weighted by Crippen LogP contribution is -2.64. The molecule has 0 aromatic heterocycles. The predicted molar refractivity (Wildman–Crippen MR) is 121 cm³/mol. The normalized spacial score (nSPS) is 40.7. The van der Waals surface area contributed by atoms with E-state index in [2.05, 4.69) is 32.3 Å². The Kier molecular flexibility index (Phi) is 7.79. The van der Waals surface area contributed by atoms with E-state index >= 15 is 0 Å². The van der Waals surface area contributed by atoms with Gasteiger partial charge in [0.15, 0.2) is 0 Å². The summed E-state index contributed by atoms with van der Waals surface area (Å²) in [4.78, 5) is 30.1. The Morgan fingerprint density at radius 2 is 1.97 bits per heavy atom. The molecule has 33 heavy (non-hydrogen) atoms. The van der Waals surface area contributed by atoms with Crippen molar-refractivity contribution in [2.45, 2.75) is 88.9 Å². The van der Waals surface area contributed by atoms with Crippen LogP contribution in [0.25, 0.3) is 0 Å². The van der Waals surface area contributed by atoms with Gasteiger partial charge in [0.1, 0.15) is 6.23 Å². The predicted octanol–water partition coefficient (Wildman–Crippen LogP) is 0.221. The molecule has 6 N–H and O–H groups in total. The van der Waals surface area contributed by atoms with Crippen LogP contribution in [0.3, 0.4) is 0 Å². The van der Waals surface area contributed by atoms with Crippen molar-refractivity contribution in [3.63, 3.8) is 0 Å². The number of fused-ring (bicyclic) bond motifs is 2. The highest BCUT2D eigenvalue weighted by Gasteiger charge is 2.41. The van der Waals surface area contributed by atoms with Crippen LogP contribution in [0.5, 0.6) is 0 Å². The zero-order valence-electron chi connectivity index (χ0n) is 19.4. The molecule has 10 heteroatoms. The van der Waals surface area contributed by atoms with Gasteiger partial charge in [-0.15, -0.1) is 0 Å². The molecule has 5 fully saturated rings. The summed E-state index contributed by atoms with van der Waals surface area (Å²) in [6, 6.07) is 0. The topological polar surface area (TPSA) is 125 Å². The van der Waals surface area contributed by atoms with Gasteiger partial charge in [-0.25, -0.2) is 5.43 Å². The van der Waals surface area contributed by atoms with Gasteiger partial charge in [0, 0.05) is 38.0 Å². The molecule has 0 bridgehead atoms. The second-order valence-electron chi connectivity index (χ2n) is 10.4. The molecule has 10 nitrogen and oxygen atoms in total. The lowest BCUT2D eigenvalue weighted by atomic mass is 9.76. The van der Waals surface area contributed by atoms with Crippen LogP contribution in [0.2, 0.25) is 0 Å². The summed E-state index contributed by atoms with van der Waals surface area (Å²) in [6.07, 6.45) is 10.6. The largest absolute Gasteiger partial charge is 0.378 e. The lowest BCUT2D eigenvalue weighted by molar-refractivity contribution is -0.134. The van der Waals surface area contributed by atoms with Crippen LogP contribution in [0.15, 0.2) is 0 Å². The Hall–Kier alpha value is -1.30.